The monoisotopic (exact) mass is 261 g/mol. The van der Waals surface area contributed by atoms with Crippen LogP contribution in [0, 0.1) is 16.0 Å². The molecule has 2 aromatic rings. The van der Waals surface area contributed by atoms with Crippen molar-refractivity contribution >= 4 is 5.69 Å². The highest BCUT2D eigenvalue weighted by Crippen LogP contribution is 2.21. The van der Waals surface area contributed by atoms with Crippen molar-refractivity contribution in [1.29, 1.82) is 0 Å². The van der Waals surface area contributed by atoms with Gasteiger partial charge < -0.3 is 5.73 Å². The van der Waals surface area contributed by atoms with Crippen LogP contribution < -0.4 is 5.73 Å². The Morgan fingerprint density at radius 1 is 1.32 bits per heavy atom. The maximum absolute atomic E-state index is 10.6. The molecule has 0 aliphatic carbocycles. The maximum atomic E-state index is 10.6. The van der Waals surface area contributed by atoms with Crippen molar-refractivity contribution in [2.24, 2.45) is 11.7 Å². The van der Waals surface area contributed by atoms with E-state index in [1.165, 1.54) is 12.1 Å². The van der Waals surface area contributed by atoms with Crippen molar-refractivity contribution < 1.29 is 4.92 Å². The summed E-state index contributed by atoms with van der Waals surface area (Å²) < 4.78 is 0. The van der Waals surface area contributed by atoms with Crippen LogP contribution in [0.15, 0.2) is 24.3 Å². The van der Waals surface area contributed by atoms with Gasteiger partial charge in [0.05, 0.1) is 11.0 Å². The number of nitrogens with zero attached hydrogens (tertiary/aromatic N) is 3. The first-order valence-corrected chi connectivity index (χ1v) is 5.91. The van der Waals surface area contributed by atoms with E-state index in [2.05, 4.69) is 15.2 Å². The maximum Gasteiger partial charge on any atom is 0.269 e. The molecule has 1 atom stereocenters. The fourth-order valence-electron chi connectivity index (χ4n) is 1.60. The SMILES string of the molecule is CC(C)C(N)c1nc(-c2ccc([N+](=O)[O-])cc2)n[nH]1. The Morgan fingerprint density at radius 2 is 1.95 bits per heavy atom. The average Bonchev–Trinajstić information content (AvgIpc) is 2.87. The summed E-state index contributed by atoms with van der Waals surface area (Å²) in [5.74, 6) is 1.35. The van der Waals surface area contributed by atoms with Crippen molar-refractivity contribution in [3.63, 3.8) is 0 Å². The second-order valence-electron chi connectivity index (χ2n) is 4.62. The van der Waals surface area contributed by atoms with Gasteiger partial charge in [0.15, 0.2) is 5.82 Å². The molecule has 0 aliphatic heterocycles. The molecule has 0 fully saturated rings. The molecule has 0 aliphatic rings. The predicted octanol–water partition coefficient (Wildman–Crippen LogP) is 2.04. The molecule has 1 unspecified atom stereocenters. The average molecular weight is 261 g/mol. The molecule has 1 aromatic heterocycles. The van der Waals surface area contributed by atoms with E-state index < -0.39 is 4.92 Å². The fraction of sp³-hybridized carbons (Fsp3) is 0.333. The van der Waals surface area contributed by atoms with E-state index in [1.807, 2.05) is 13.8 Å². The third-order valence-electron chi connectivity index (χ3n) is 2.87. The molecule has 1 heterocycles. The first-order chi connectivity index (χ1) is 8.99. The van der Waals surface area contributed by atoms with Gasteiger partial charge in [-0.2, -0.15) is 5.10 Å². The van der Waals surface area contributed by atoms with Crippen LogP contribution >= 0.6 is 0 Å². The van der Waals surface area contributed by atoms with E-state index in [-0.39, 0.29) is 17.6 Å². The lowest BCUT2D eigenvalue weighted by Crippen LogP contribution is -2.18. The van der Waals surface area contributed by atoms with Crippen LogP contribution in [0.1, 0.15) is 25.7 Å². The quantitative estimate of drug-likeness (QED) is 0.646. The Hall–Kier alpha value is -2.28. The van der Waals surface area contributed by atoms with Gasteiger partial charge >= 0.3 is 0 Å². The number of hydrogen-bond donors (Lipinski definition) is 2. The number of benzene rings is 1. The molecule has 0 bridgehead atoms. The molecule has 3 N–H and O–H groups in total. The van der Waals surface area contributed by atoms with Gasteiger partial charge in [-0.25, -0.2) is 4.98 Å². The molecule has 19 heavy (non-hydrogen) atoms. The van der Waals surface area contributed by atoms with Crippen LogP contribution in [-0.4, -0.2) is 20.1 Å². The molecule has 0 radical (unpaired) electrons. The summed E-state index contributed by atoms with van der Waals surface area (Å²) in [5.41, 5.74) is 6.72. The minimum Gasteiger partial charge on any atom is -0.321 e. The summed E-state index contributed by atoms with van der Waals surface area (Å²) in [6.07, 6.45) is 0. The van der Waals surface area contributed by atoms with Crippen LogP contribution in [-0.2, 0) is 0 Å². The number of H-pyrrole nitrogens is 1. The Labute approximate surface area is 110 Å². The highest BCUT2D eigenvalue weighted by molar-refractivity contribution is 5.56. The third kappa shape index (κ3) is 2.76. The van der Waals surface area contributed by atoms with Crippen molar-refractivity contribution in [1.82, 2.24) is 15.2 Å². The van der Waals surface area contributed by atoms with Gasteiger partial charge in [0.25, 0.3) is 5.69 Å². The third-order valence-corrected chi connectivity index (χ3v) is 2.87. The lowest BCUT2D eigenvalue weighted by molar-refractivity contribution is -0.384. The molecule has 1 aromatic carbocycles. The molecule has 7 heteroatoms. The Bertz CT molecular complexity index is 576. The Balaban J connectivity index is 2.25. The number of non-ortho nitro benzene ring substituents is 1. The molecular weight excluding hydrogens is 246 g/mol. The summed E-state index contributed by atoms with van der Waals surface area (Å²) >= 11 is 0. The molecular formula is C12H15N5O2. The zero-order valence-electron chi connectivity index (χ0n) is 10.7. The van der Waals surface area contributed by atoms with E-state index in [4.69, 9.17) is 5.73 Å². The highest BCUT2D eigenvalue weighted by Gasteiger charge is 2.16. The number of hydrogen-bond acceptors (Lipinski definition) is 5. The number of rotatable bonds is 4. The zero-order chi connectivity index (χ0) is 14.0. The zero-order valence-corrected chi connectivity index (χ0v) is 10.7. The predicted molar refractivity (Wildman–Crippen MR) is 70.2 cm³/mol. The molecule has 7 nitrogen and oxygen atoms in total. The van der Waals surface area contributed by atoms with Gasteiger partial charge in [-0.05, 0) is 18.1 Å². The molecule has 0 saturated carbocycles. The molecule has 100 valence electrons. The lowest BCUT2D eigenvalue weighted by atomic mass is 10.1. The highest BCUT2D eigenvalue weighted by atomic mass is 16.6. The second kappa shape index (κ2) is 5.15. The van der Waals surface area contributed by atoms with E-state index >= 15 is 0 Å². The number of aromatic nitrogens is 3. The largest absolute Gasteiger partial charge is 0.321 e. The van der Waals surface area contributed by atoms with Crippen molar-refractivity contribution in [3.05, 3.63) is 40.2 Å². The van der Waals surface area contributed by atoms with Gasteiger partial charge in [-0.1, -0.05) is 13.8 Å². The topological polar surface area (TPSA) is 111 Å². The number of nitro benzene ring substituents is 1. The second-order valence-corrected chi connectivity index (χ2v) is 4.62. The Morgan fingerprint density at radius 3 is 2.47 bits per heavy atom. The van der Waals surface area contributed by atoms with Crippen LogP contribution in [0.3, 0.4) is 0 Å². The minimum atomic E-state index is -0.443. The van der Waals surface area contributed by atoms with Crippen molar-refractivity contribution in [2.45, 2.75) is 19.9 Å². The number of aromatic amines is 1. The van der Waals surface area contributed by atoms with Crippen LogP contribution in [0.25, 0.3) is 11.4 Å². The van der Waals surface area contributed by atoms with Crippen LogP contribution in [0.5, 0.6) is 0 Å². The number of nitrogens with one attached hydrogen (secondary N) is 1. The van der Waals surface area contributed by atoms with Gasteiger partial charge in [0, 0.05) is 17.7 Å². The fourth-order valence-corrected chi connectivity index (χ4v) is 1.60. The summed E-state index contributed by atoms with van der Waals surface area (Å²) in [5, 5.41) is 17.4. The van der Waals surface area contributed by atoms with Crippen molar-refractivity contribution in [3.8, 4) is 11.4 Å². The minimum absolute atomic E-state index is 0.0402. The van der Waals surface area contributed by atoms with Gasteiger partial charge in [0.1, 0.15) is 5.82 Å². The first-order valence-electron chi connectivity index (χ1n) is 5.91. The van der Waals surface area contributed by atoms with E-state index in [0.717, 1.165) is 0 Å². The Kier molecular flexibility index (Phi) is 3.57. The van der Waals surface area contributed by atoms with E-state index in [1.54, 1.807) is 12.1 Å². The normalized spacial score (nSPS) is 12.6. The first kappa shape index (κ1) is 13.2. The van der Waals surface area contributed by atoms with Gasteiger partial charge in [-0.3, -0.25) is 15.2 Å². The van der Waals surface area contributed by atoms with Gasteiger partial charge in [-0.15, -0.1) is 0 Å². The summed E-state index contributed by atoms with van der Waals surface area (Å²) in [6.45, 7) is 4.00. The molecule has 0 spiro atoms. The van der Waals surface area contributed by atoms with Gasteiger partial charge in [0.2, 0.25) is 0 Å². The molecule has 0 saturated heterocycles. The van der Waals surface area contributed by atoms with Crippen LogP contribution in [0.4, 0.5) is 5.69 Å². The summed E-state index contributed by atoms with van der Waals surface area (Å²) in [6, 6.07) is 5.87. The number of nitrogens with two attached hydrogens (primary N) is 1. The van der Waals surface area contributed by atoms with E-state index in [0.29, 0.717) is 17.2 Å². The van der Waals surface area contributed by atoms with Crippen molar-refractivity contribution in [2.75, 3.05) is 0 Å². The standard InChI is InChI=1S/C12H15N5O2/c1-7(2)10(13)12-14-11(15-16-12)8-3-5-9(6-4-8)17(18)19/h3-7,10H,13H2,1-2H3,(H,14,15,16). The van der Waals surface area contributed by atoms with E-state index in [9.17, 15) is 10.1 Å². The smallest absolute Gasteiger partial charge is 0.269 e. The lowest BCUT2D eigenvalue weighted by Gasteiger charge is -2.11. The molecule has 2 rings (SSSR count). The summed E-state index contributed by atoms with van der Waals surface area (Å²) in [4.78, 5) is 14.4. The summed E-state index contributed by atoms with van der Waals surface area (Å²) in [7, 11) is 0. The number of nitro groups is 1. The molecule has 0 amide bonds. The van der Waals surface area contributed by atoms with Crippen LogP contribution in [0.2, 0.25) is 0 Å².